The van der Waals surface area contributed by atoms with Gasteiger partial charge in [-0.25, -0.2) is 4.68 Å². The molecule has 1 heterocycles. The average molecular weight is 283 g/mol. The minimum atomic E-state index is 0.382. The van der Waals surface area contributed by atoms with Gasteiger partial charge in [0.15, 0.2) is 0 Å². The zero-order valence-electron chi connectivity index (χ0n) is 12.8. The van der Waals surface area contributed by atoms with Gasteiger partial charge in [0.05, 0.1) is 17.4 Å². The van der Waals surface area contributed by atoms with Crippen LogP contribution < -0.4 is 5.32 Å². The molecule has 2 aromatic rings. The van der Waals surface area contributed by atoms with Crippen molar-refractivity contribution in [1.82, 2.24) is 15.1 Å². The second-order valence-electron chi connectivity index (χ2n) is 6.04. The Morgan fingerprint density at radius 3 is 2.43 bits per heavy atom. The highest BCUT2D eigenvalue weighted by Gasteiger charge is 2.24. The quantitative estimate of drug-likeness (QED) is 0.856. The lowest BCUT2D eigenvalue weighted by Crippen LogP contribution is -2.25. The fourth-order valence-corrected chi connectivity index (χ4v) is 3.50. The van der Waals surface area contributed by atoms with Gasteiger partial charge in [-0.05, 0) is 44.0 Å². The lowest BCUT2D eigenvalue weighted by atomic mass is 9.90. The third-order valence-electron chi connectivity index (χ3n) is 4.63. The van der Waals surface area contributed by atoms with Crippen LogP contribution in [0.2, 0.25) is 0 Å². The highest BCUT2D eigenvalue weighted by Crippen LogP contribution is 2.32. The molecule has 1 aliphatic rings. The van der Waals surface area contributed by atoms with Crippen molar-refractivity contribution in [1.29, 1.82) is 0 Å². The summed E-state index contributed by atoms with van der Waals surface area (Å²) in [4.78, 5) is 0. The molecular formula is C18H25N3. The van der Waals surface area contributed by atoms with Crippen LogP contribution in [-0.4, -0.2) is 16.8 Å². The molecule has 0 bridgehead atoms. The van der Waals surface area contributed by atoms with E-state index in [1.165, 1.54) is 44.2 Å². The molecule has 1 aromatic carbocycles. The first-order chi connectivity index (χ1) is 10.4. The molecule has 0 radical (unpaired) electrons. The predicted octanol–water partition coefficient (Wildman–Crippen LogP) is 4.10. The summed E-state index contributed by atoms with van der Waals surface area (Å²) in [5.41, 5.74) is 2.30. The van der Waals surface area contributed by atoms with Crippen LogP contribution in [-0.2, 0) is 0 Å². The van der Waals surface area contributed by atoms with E-state index in [0.29, 0.717) is 6.04 Å². The molecule has 1 atom stereocenters. The van der Waals surface area contributed by atoms with Gasteiger partial charge in [0.1, 0.15) is 0 Å². The summed E-state index contributed by atoms with van der Waals surface area (Å²) in [6.45, 7) is 0. The Balaban J connectivity index is 1.79. The minimum absolute atomic E-state index is 0.382. The van der Waals surface area contributed by atoms with Crippen LogP contribution >= 0.6 is 0 Å². The molecule has 1 fully saturated rings. The maximum Gasteiger partial charge on any atom is 0.0801 e. The Labute approximate surface area is 127 Å². The number of rotatable bonds is 4. The van der Waals surface area contributed by atoms with Crippen LogP contribution in [0.5, 0.6) is 0 Å². The number of hydrogen-bond acceptors (Lipinski definition) is 2. The Morgan fingerprint density at radius 1 is 1.05 bits per heavy atom. The van der Waals surface area contributed by atoms with E-state index in [2.05, 4.69) is 48.9 Å². The van der Waals surface area contributed by atoms with Crippen molar-refractivity contribution in [2.75, 3.05) is 7.05 Å². The third-order valence-corrected chi connectivity index (χ3v) is 4.63. The fourth-order valence-electron chi connectivity index (χ4n) is 3.50. The lowest BCUT2D eigenvalue weighted by Gasteiger charge is -2.24. The maximum atomic E-state index is 4.81. The highest BCUT2D eigenvalue weighted by atomic mass is 15.3. The lowest BCUT2D eigenvalue weighted by molar-refractivity contribution is 0.335. The first-order valence-electron chi connectivity index (χ1n) is 8.17. The summed E-state index contributed by atoms with van der Waals surface area (Å²) in [5.74, 6) is 0.719. The van der Waals surface area contributed by atoms with E-state index < -0.39 is 0 Å². The summed E-state index contributed by atoms with van der Waals surface area (Å²) < 4.78 is 1.98. The molecule has 1 aromatic heterocycles. The van der Waals surface area contributed by atoms with E-state index in [9.17, 15) is 0 Å². The van der Waals surface area contributed by atoms with Crippen molar-refractivity contribution in [2.45, 2.75) is 44.6 Å². The molecule has 3 nitrogen and oxygen atoms in total. The molecule has 0 amide bonds. The number of para-hydroxylation sites is 1. The van der Waals surface area contributed by atoms with E-state index in [0.717, 1.165) is 11.6 Å². The number of nitrogens with zero attached hydrogens (tertiary/aromatic N) is 2. The van der Waals surface area contributed by atoms with Crippen LogP contribution in [0.25, 0.3) is 5.69 Å². The molecule has 1 saturated carbocycles. The van der Waals surface area contributed by atoms with Crippen LogP contribution in [0.1, 0.15) is 50.3 Å². The van der Waals surface area contributed by atoms with E-state index in [1.54, 1.807) is 0 Å². The van der Waals surface area contributed by atoms with Crippen LogP contribution in [0.4, 0.5) is 0 Å². The molecule has 3 heteroatoms. The monoisotopic (exact) mass is 283 g/mol. The van der Waals surface area contributed by atoms with Gasteiger partial charge in [-0.3, -0.25) is 0 Å². The summed E-state index contributed by atoms with van der Waals surface area (Å²) in [6.07, 6.45) is 10.2. The Hall–Kier alpha value is -1.61. The number of hydrogen-bond donors (Lipinski definition) is 1. The number of aromatic nitrogens is 2. The molecular weight excluding hydrogens is 258 g/mol. The maximum absolute atomic E-state index is 4.81. The van der Waals surface area contributed by atoms with E-state index in [4.69, 9.17) is 5.10 Å². The number of nitrogens with one attached hydrogen (secondary N) is 1. The van der Waals surface area contributed by atoms with Crippen molar-refractivity contribution >= 4 is 0 Å². The predicted molar refractivity (Wildman–Crippen MR) is 86.6 cm³/mol. The topological polar surface area (TPSA) is 29.9 Å². The van der Waals surface area contributed by atoms with Crippen molar-refractivity contribution in [3.05, 3.63) is 48.3 Å². The zero-order chi connectivity index (χ0) is 14.5. The highest BCUT2D eigenvalue weighted by molar-refractivity contribution is 5.30. The van der Waals surface area contributed by atoms with Gasteiger partial charge < -0.3 is 5.32 Å². The standard InChI is InChI=1S/C18H25N3/c1-19-18(15-9-5-2-3-6-10-15)17-13-14-21(20-17)16-11-7-4-8-12-16/h4,7-8,11-15,18-19H,2-3,5-6,9-10H2,1H3. The van der Waals surface area contributed by atoms with Gasteiger partial charge >= 0.3 is 0 Å². The molecule has 21 heavy (non-hydrogen) atoms. The van der Waals surface area contributed by atoms with Gasteiger partial charge in [0.2, 0.25) is 0 Å². The molecule has 1 N–H and O–H groups in total. The number of benzene rings is 1. The molecule has 0 saturated heterocycles. The summed E-state index contributed by atoms with van der Waals surface area (Å²) in [7, 11) is 2.07. The van der Waals surface area contributed by atoms with Crippen LogP contribution in [0, 0.1) is 5.92 Å². The summed E-state index contributed by atoms with van der Waals surface area (Å²) in [5, 5.41) is 8.32. The molecule has 112 valence electrons. The Bertz CT molecular complexity index is 539. The fraction of sp³-hybridized carbons (Fsp3) is 0.500. The first-order valence-corrected chi connectivity index (χ1v) is 8.17. The molecule has 1 unspecified atom stereocenters. The second-order valence-corrected chi connectivity index (χ2v) is 6.04. The van der Waals surface area contributed by atoms with E-state index in [-0.39, 0.29) is 0 Å². The van der Waals surface area contributed by atoms with E-state index >= 15 is 0 Å². The van der Waals surface area contributed by atoms with Crippen molar-refractivity contribution in [2.24, 2.45) is 5.92 Å². The normalized spacial score (nSPS) is 18.3. The Kier molecular flexibility index (Phi) is 4.71. The third kappa shape index (κ3) is 3.35. The molecule has 3 rings (SSSR count). The second kappa shape index (κ2) is 6.90. The zero-order valence-corrected chi connectivity index (χ0v) is 12.8. The SMILES string of the molecule is CNC(c1ccn(-c2ccccc2)n1)C1CCCCCC1. The van der Waals surface area contributed by atoms with Crippen molar-refractivity contribution in [3.63, 3.8) is 0 Å². The molecule has 0 spiro atoms. The van der Waals surface area contributed by atoms with Crippen molar-refractivity contribution in [3.8, 4) is 5.69 Å². The van der Waals surface area contributed by atoms with Gasteiger partial charge in [0.25, 0.3) is 0 Å². The Morgan fingerprint density at radius 2 is 1.76 bits per heavy atom. The minimum Gasteiger partial charge on any atom is -0.311 e. The molecule has 1 aliphatic carbocycles. The summed E-state index contributed by atoms with van der Waals surface area (Å²) in [6, 6.07) is 12.9. The largest absolute Gasteiger partial charge is 0.311 e. The van der Waals surface area contributed by atoms with Crippen LogP contribution in [0.15, 0.2) is 42.6 Å². The van der Waals surface area contributed by atoms with Crippen LogP contribution in [0.3, 0.4) is 0 Å². The first kappa shape index (κ1) is 14.3. The molecule has 0 aliphatic heterocycles. The summed E-state index contributed by atoms with van der Waals surface area (Å²) >= 11 is 0. The average Bonchev–Trinajstić information content (AvgIpc) is 2.86. The van der Waals surface area contributed by atoms with Crippen molar-refractivity contribution < 1.29 is 0 Å². The van der Waals surface area contributed by atoms with E-state index in [1.807, 2.05) is 10.7 Å². The van der Waals surface area contributed by atoms with Gasteiger partial charge in [0, 0.05) is 6.20 Å². The smallest absolute Gasteiger partial charge is 0.0801 e. The van der Waals surface area contributed by atoms with Gasteiger partial charge in [-0.15, -0.1) is 0 Å². The van der Waals surface area contributed by atoms with Gasteiger partial charge in [-0.2, -0.15) is 5.10 Å². The van der Waals surface area contributed by atoms with Gasteiger partial charge in [-0.1, -0.05) is 43.9 Å².